The molecule has 1 amide bonds. The van der Waals surface area contributed by atoms with E-state index in [1.54, 1.807) is 0 Å². The van der Waals surface area contributed by atoms with Gasteiger partial charge in [-0.15, -0.1) is 0 Å². The molecule has 2 aromatic heterocycles. The molecule has 1 aliphatic rings. The standard InChI is InChI=1S/C22H29N5O2/c1-4-20-23-22(29-24-20)16(2)26-11-13-27(14-12-26)21(28)10-9-17-15-25(3)19-8-6-5-7-18(17)19/h5-8,15-16H,4,9-14H2,1-3H3. The molecule has 4 rings (SSSR count). The average molecular weight is 396 g/mol. The van der Waals surface area contributed by atoms with Gasteiger partial charge in [-0.1, -0.05) is 30.3 Å². The molecule has 7 nitrogen and oxygen atoms in total. The molecule has 3 aromatic rings. The van der Waals surface area contributed by atoms with Crippen LogP contribution in [-0.4, -0.2) is 56.6 Å². The van der Waals surface area contributed by atoms with Crippen LogP contribution >= 0.6 is 0 Å². The van der Waals surface area contributed by atoms with E-state index < -0.39 is 0 Å². The first-order valence-corrected chi connectivity index (χ1v) is 10.4. The van der Waals surface area contributed by atoms with E-state index in [1.165, 1.54) is 16.5 Å². The van der Waals surface area contributed by atoms with E-state index in [9.17, 15) is 4.79 Å². The van der Waals surface area contributed by atoms with Gasteiger partial charge in [0, 0.05) is 63.2 Å². The second-order valence-electron chi connectivity index (χ2n) is 7.78. The first-order chi connectivity index (χ1) is 14.1. The molecule has 1 saturated heterocycles. The van der Waals surface area contributed by atoms with Crippen molar-refractivity contribution in [3.8, 4) is 0 Å². The predicted molar refractivity (Wildman–Crippen MR) is 111 cm³/mol. The highest BCUT2D eigenvalue weighted by Crippen LogP contribution is 2.23. The third-order valence-corrected chi connectivity index (χ3v) is 5.96. The van der Waals surface area contributed by atoms with E-state index in [1.807, 2.05) is 11.8 Å². The van der Waals surface area contributed by atoms with Gasteiger partial charge >= 0.3 is 0 Å². The molecule has 0 spiro atoms. The summed E-state index contributed by atoms with van der Waals surface area (Å²) in [5, 5.41) is 5.23. The maximum absolute atomic E-state index is 12.8. The first kappa shape index (κ1) is 19.6. The summed E-state index contributed by atoms with van der Waals surface area (Å²) < 4.78 is 7.52. The van der Waals surface area contributed by atoms with Crippen molar-refractivity contribution in [2.24, 2.45) is 7.05 Å². The first-order valence-electron chi connectivity index (χ1n) is 10.4. The molecule has 0 aliphatic carbocycles. The summed E-state index contributed by atoms with van der Waals surface area (Å²) in [5.74, 6) is 1.64. The Kier molecular flexibility index (Phi) is 5.67. The number of benzene rings is 1. The van der Waals surface area contributed by atoms with Gasteiger partial charge in [0.25, 0.3) is 0 Å². The van der Waals surface area contributed by atoms with Gasteiger partial charge in [-0.3, -0.25) is 9.69 Å². The molecule has 0 N–H and O–H groups in total. The number of carbonyl (C=O) groups is 1. The fourth-order valence-electron chi connectivity index (χ4n) is 4.12. The van der Waals surface area contributed by atoms with Crippen LogP contribution in [0.5, 0.6) is 0 Å². The number of hydrogen-bond donors (Lipinski definition) is 0. The summed E-state index contributed by atoms with van der Waals surface area (Å²) in [6.45, 7) is 7.24. The molecule has 1 atom stereocenters. The van der Waals surface area contributed by atoms with E-state index >= 15 is 0 Å². The third-order valence-electron chi connectivity index (χ3n) is 5.96. The molecule has 1 unspecified atom stereocenters. The molecule has 1 fully saturated rings. The minimum atomic E-state index is 0.0794. The van der Waals surface area contributed by atoms with Gasteiger partial charge in [-0.25, -0.2) is 0 Å². The Balaban J connectivity index is 1.31. The number of nitrogens with zero attached hydrogens (tertiary/aromatic N) is 5. The van der Waals surface area contributed by atoms with E-state index in [-0.39, 0.29) is 11.9 Å². The van der Waals surface area contributed by atoms with Crippen molar-refractivity contribution in [2.75, 3.05) is 26.2 Å². The Hall–Kier alpha value is -2.67. The van der Waals surface area contributed by atoms with Crippen LogP contribution in [0.25, 0.3) is 10.9 Å². The van der Waals surface area contributed by atoms with Gasteiger partial charge < -0.3 is 14.0 Å². The van der Waals surface area contributed by atoms with Gasteiger partial charge in [-0.05, 0) is 25.0 Å². The number of aryl methyl sites for hydroxylation is 3. The fourth-order valence-corrected chi connectivity index (χ4v) is 4.12. The molecule has 0 radical (unpaired) electrons. The number of piperazine rings is 1. The number of para-hydroxylation sites is 1. The van der Waals surface area contributed by atoms with Gasteiger partial charge in [0.15, 0.2) is 5.82 Å². The SMILES string of the molecule is CCc1noc(C(C)N2CCN(C(=O)CCc3cn(C)c4ccccc34)CC2)n1. The second-order valence-corrected chi connectivity index (χ2v) is 7.78. The van der Waals surface area contributed by atoms with Crippen molar-refractivity contribution in [3.05, 3.63) is 47.7 Å². The van der Waals surface area contributed by atoms with Crippen molar-refractivity contribution < 1.29 is 9.32 Å². The molecule has 0 bridgehead atoms. The van der Waals surface area contributed by atoms with Crippen molar-refractivity contribution in [1.29, 1.82) is 0 Å². The van der Waals surface area contributed by atoms with Crippen LogP contribution in [0.1, 0.15) is 43.6 Å². The Labute approximate surface area is 171 Å². The Morgan fingerprint density at radius 3 is 2.69 bits per heavy atom. The zero-order valence-corrected chi connectivity index (χ0v) is 17.5. The molecule has 154 valence electrons. The maximum Gasteiger partial charge on any atom is 0.243 e. The highest BCUT2D eigenvalue weighted by molar-refractivity contribution is 5.85. The molecular formula is C22H29N5O2. The van der Waals surface area contributed by atoms with Gasteiger partial charge in [0.2, 0.25) is 11.8 Å². The maximum atomic E-state index is 12.8. The molecule has 3 heterocycles. The lowest BCUT2D eigenvalue weighted by Gasteiger charge is -2.36. The topological polar surface area (TPSA) is 67.4 Å². The lowest BCUT2D eigenvalue weighted by atomic mass is 10.1. The molecule has 0 saturated carbocycles. The lowest BCUT2D eigenvalue weighted by molar-refractivity contribution is -0.133. The molecular weight excluding hydrogens is 366 g/mol. The number of rotatable bonds is 6. The second kappa shape index (κ2) is 8.37. The van der Waals surface area contributed by atoms with Crippen molar-refractivity contribution in [2.45, 2.75) is 39.2 Å². The zero-order chi connectivity index (χ0) is 20.4. The average Bonchev–Trinajstić information content (AvgIpc) is 3.37. The summed E-state index contributed by atoms with van der Waals surface area (Å²) in [6.07, 6.45) is 4.24. The van der Waals surface area contributed by atoms with Crippen molar-refractivity contribution in [3.63, 3.8) is 0 Å². The van der Waals surface area contributed by atoms with Gasteiger partial charge in [0.1, 0.15) is 0 Å². The van der Waals surface area contributed by atoms with E-state index in [0.29, 0.717) is 12.3 Å². The normalized spacial score (nSPS) is 16.4. The van der Waals surface area contributed by atoms with Crippen molar-refractivity contribution in [1.82, 2.24) is 24.5 Å². The molecule has 1 aliphatic heterocycles. The highest BCUT2D eigenvalue weighted by atomic mass is 16.5. The quantitative estimate of drug-likeness (QED) is 0.642. The lowest BCUT2D eigenvalue weighted by Crippen LogP contribution is -2.49. The van der Waals surface area contributed by atoms with E-state index in [4.69, 9.17) is 4.52 Å². The van der Waals surface area contributed by atoms with Crippen molar-refractivity contribution >= 4 is 16.8 Å². The van der Waals surface area contributed by atoms with Crippen LogP contribution in [0.15, 0.2) is 35.0 Å². The minimum absolute atomic E-state index is 0.0794. The van der Waals surface area contributed by atoms with E-state index in [0.717, 1.165) is 44.8 Å². The summed E-state index contributed by atoms with van der Waals surface area (Å²) in [5.41, 5.74) is 2.46. The smallest absolute Gasteiger partial charge is 0.243 e. The van der Waals surface area contributed by atoms with Crippen LogP contribution in [0.2, 0.25) is 0 Å². The number of fused-ring (bicyclic) bond motifs is 1. The van der Waals surface area contributed by atoms with Crippen LogP contribution in [0, 0.1) is 0 Å². The Morgan fingerprint density at radius 1 is 1.21 bits per heavy atom. The number of hydrogen-bond acceptors (Lipinski definition) is 5. The summed E-state index contributed by atoms with van der Waals surface area (Å²) >= 11 is 0. The summed E-state index contributed by atoms with van der Waals surface area (Å²) in [7, 11) is 2.06. The Morgan fingerprint density at radius 2 is 1.97 bits per heavy atom. The van der Waals surface area contributed by atoms with Crippen LogP contribution in [0.3, 0.4) is 0 Å². The molecule has 1 aromatic carbocycles. The minimum Gasteiger partial charge on any atom is -0.350 e. The monoisotopic (exact) mass is 395 g/mol. The Bertz CT molecular complexity index is 984. The van der Waals surface area contributed by atoms with Gasteiger partial charge in [-0.2, -0.15) is 4.98 Å². The van der Waals surface area contributed by atoms with Crippen LogP contribution in [0.4, 0.5) is 0 Å². The predicted octanol–water partition coefficient (Wildman–Crippen LogP) is 2.96. The zero-order valence-electron chi connectivity index (χ0n) is 17.5. The number of amides is 1. The van der Waals surface area contributed by atoms with Crippen LogP contribution < -0.4 is 0 Å². The summed E-state index contributed by atoms with van der Waals surface area (Å²) in [4.78, 5) is 21.5. The molecule has 29 heavy (non-hydrogen) atoms. The fraction of sp³-hybridized carbons (Fsp3) is 0.500. The van der Waals surface area contributed by atoms with Crippen LogP contribution in [-0.2, 0) is 24.7 Å². The number of carbonyl (C=O) groups excluding carboxylic acids is 1. The highest BCUT2D eigenvalue weighted by Gasteiger charge is 2.27. The molecule has 7 heteroatoms. The van der Waals surface area contributed by atoms with Gasteiger partial charge in [0.05, 0.1) is 6.04 Å². The largest absolute Gasteiger partial charge is 0.350 e. The summed E-state index contributed by atoms with van der Waals surface area (Å²) in [6, 6.07) is 8.44. The van der Waals surface area contributed by atoms with E-state index in [2.05, 4.69) is 64.0 Å². The third kappa shape index (κ3) is 4.05. The number of aromatic nitrogens is 3.